The number of ether oxygens (including phenoxy) is 2. The molecule has 29 heavy (non-hydrogen) atoms. The van der Waals surface area contributed by atoms with Crippen molar-refractivity contribution in [3.63, 3.8) is 0 Å². The molecule has 0 aliphatic heterocycles. The molecule has 0 aliphatic carbocycles. The second-order valence-corrected chi connectivity index (χ2v) is 6.91. The van der Waals surface area contributed by atoms with E-state index in [1.165, 1.54) is 0 Å². The van der Waals surface area contributed by atoms with Gasteiger partial charge in [-0.1, -0.05) is 48.0 Å². The van der Waals surface area contributed by atoms with Gasteiger partial charge in [0.15, 0.2) is 11.5 Å². The Morgan fingerprint density at radius 3 is 2.45 bits per heavy atom. The first-order valence-corrected chi connectivity index (χ1v) is 9.50. The maximum Gasteiger partial charge on any atom is 0.335 e. The summed E-state index contributed by atoms with van der Waals surface area (Å²) in [5.41, 5.74) is 3.21. The Kier molecular flexibility index (Phi) is 7.11. The van der Waals surface area contributed by atoms with E-state index in [0.29, 0.717) is 36.2 Å². The van der Waals surface area contributed by atoms with E-state index < -0.39 is 5.97 Å². The van der Waals surface area contributed by atoms with Crippen LogP contribution in [0.4, 0.5) is 0 Å². The van der Waals surface area contributed by atoms with E-state index in [9.17, 15) is 4.79 Å². The summed E-state index contributed by atoms with van der Waals surface area (Å²) in [6.07, 6.45) is 0. The van der Waals surface area contributed by atoms with Crippen molar-refractivity contribution in [1.29, 1.82) is 0 Å². The van der Waals surface area contributed by atoms with Gasteiger partial charge >= 0.3 is 5.97 Å². The van der Waals surface area contributed by atoms with Crippen molar-refractivity contribution in [3.05, 3.63) is 94.0 Å². The van der Waals surface area contributed by atoms with Crippen LogP contribution >= 0.6 is 11.6 Å². The SMILES string of the molecule is COc1cccc(CNCc2ccc(C(=O)O)cc2)c1OCc1cccc(Cl)c1. The summed E-state index contributed by atoms with van der Waals surface area (Å²) >= 11 is 6.05. The average Bonchev–Trinajstić information content (AvgIpc) is 2.73. The van der Waals surface area contributed by atoms with Crippen LogP contribution in [-0.4, -0.2) is 18.2 Å². The fourth-order valence-electron chi connectivity index (χ4n) is 2.91. The number of carboxylic acids is 1. The van der Waals surface area contributed by atoms with E-state index in [1.807, 2.05) is 42.5 Å². The predicted octanol–water partition coefficient (Wildman–Crippen LogP) is 4.92. The molecule has 0 radical (unpaired) electrons. The Balaban J connectivity index is 1.66. The third-order valence-electron chi connectivity index (χ3n) is 4.40. The number of methoxy groups -OCH3 is 1. The summed E-state index contributed by atoms with van der Waals surface area (Å²) in [6.45, 7) is 1.55. The van der Waals surface area contributed by atoms with Crippen molar-refractivity contribution >= 4 is 17.6 Å². The van der Waals surface area contributed by atoms with Gasteiger partial charge in [0.1, 0.15) is 6.61 Å². The molecule has 150 valence electrons. The molecule has 0 amide bonds. The van der Waals surface area contributed by atoms with Gasteiger partial charge in [-0.15, -0.1) is 0 Å². The monoisotopic (exact) mass is 411 g/mol. The molecule has 0 bridgehead atoms. The van der Waals surface area contributed by atoms with Crippen LogP contribution in [0.2, 0.25) is 5.02 Å². The zero-order valence-electron chi connectivity index (χ0n) is 16.0. The maximum absolute atomic E-state index is 10.9. The van der Waals surface area contributed by atoms with Gasteiger partial charge in [0.05, 0.1) is 12.7 Å². The van der Waals surface area contributed by atoms with Crippen LogP contribution in [0, 0.1) is 0 Å². The second-order valence-electron chi connectivity index (χ2n) is 6.47. The van der Waals surface area contributed by atoms with Gasteiger partial charge in [0.25, 0.3) is 0 Å². The van der Waals surface area contributed by atoms with Gasteiger partial charge < -0.3 is 19.9 Å². The molecule has 3 aromatic carbocycles. The lowest BCUT2D eigenvalue weighted by molar-refractivity contribution is 0.0697. The predicted molar refractivity (Wildman–Crippen MR) is 113 cm³/mol. The molecule has 0 heterocycles. The van der Waals surface area contributed by atoms with E-state index >= 15 is 0 Å². The number of rotatable bonds is 9. The van der Waals surface area contributed by atoms with Gasteiger partial charge in [-0.3, -0.25) is 0 Å². The molecule has 5 nitrogen and oxygen atoms in total. The van der Waals surface area contributed by atoms with Crippen LogP contribution < -0.4 is 14.8 Å². The van der Waals surface area contributed by atoms with Gasteiger partial charge in [-0.05, 0) is 41.5 Å². The zero-order chi connectivity index (χ0) is 20.6. The summed E-state index contributed by atoms with van der Waals surface area (Å²) < 4.78 is 11.5. The Morgan fingerprint density at radius 2 is 1.76 bits per heavy atom. The number of carboxylic acid groups (broad SMARTS) is 1. The van der Waals surface area contributed by atoms with Crippen LogP contribution in [-0.2, 0) is 19.7 Å². The number of nitrogens with one attached hydrogen (secondary N) is 1. The smallest absolute Gasteiger partial charge is 0.335 e. The minimum atomic E-state index is -0.928. The molecule has 3 aromatic rings. The molecule has 0 spiro atoms. The maximum atomic E-state index is 10.9. The van der Waals surface area contributed by atoms with Crippen LogP contribution in [0.1, 0.15) is 27.0 Å². The highest BCUT2D eigenvalue weighted by atomic mass is 35.5. The molecule has 2 N–H and O–H groups in total. The lowest BCUT2D eigenvalue weighted by Crippen LogP contribution is -2.14. The van der Waals surface area contributed by atoms with E-state index in [1.54, 1.807) is 31.4 Å². The lowest BCUT2D eigenvalue weighted by Gasteiger charge is -2.16. The van der Waals surface area contributed by atoms with Crippen LogP contribution in [0.5, 0.6) is 11.5 Å². The molecule has 3 rings (SSSR count). The number of hydrogen-bond donors (Lipinski definition) is 2. The van der Waals surface area contributed by atoms with Crippen molar-refractivity contribution < 1.29 is 19.4 Å². The van der Waals surface area contributed by atoms with E-state index in [4.69, 9.17) is 26.2 Å². The van der Waals surface area contributed by atoms with Crippen molar-refractivity contribution in [2.45, 2.75) is 19.7 Å². The van der Waals surface area contributed by atoms with Crippen molar-refractivity contribution in [2.24, 2.45) is 0 Å². The van der Waals surface area contributed by atoms with Crippen LogP contribution in [0.3, 0.4) is 0 Å². The second kappa shape index (κ2) is 9.96. The summed E-state index contributed by atoms with van der Waals surface area (Å²) in [5, 5.41) is 13.0. The number of hydrogen-bond acceptors (Lipinski definition) is 4. The lowest BCUT2D eigenvalue weighted by atomic mass is 10.1. The first kappa shape index (κ1) is 20.7. The summed E-state index contributed by atoms with van der Waals surface area (Å²) in [4.78, 5) is 10.9. The normalized spacial score (nSPS) is 10.6. The fraction of sp³-hybridized carbons (Fsp3) is 0.174. The largest absolute Gasteiger partial charge is 0.493 e. The molecule has 0 fully saturated rings. The molecule has 0 unspecified atom stereocenters. The molecule has 0 saturated heterocycles. The van der Waals surface area contributed by atoms with Crippen LogP contribution in [0.15, 0.2) is 66.7 Å². The Hall–Kier alpha value is -3.02. The molecular weight excluding hydrogens is 390 g/mol. The van der Waals surface area contributed by atoms with Gasteiger partial charge in [0, 0.05) is 23.7 Å². The summed E-state index contributed by atoms with van der Waals surface area (Å²) in [6, 6.07) is 20.1. The van der Waals surface area contributed by atoms with Crippen molar-refractivity contribution in [1.82, 2.24) is 5.32 Å². The Labute approximate surface area is 174 Å². The first-order valence-electron chi connectivity index (χ1n) is 9.13. The molecule has 0 aromatic heterocycles. The Bertz CT molecular complexity index is 973. The summed E-state index contributed by atoms with van der Waals surface area (Å²) in [7, 11) is 1.61. The molecule has 6 heteroatoms. The van der Waals surface area contributed by atoms with E-state index in [0.717, 1.165) is 16.7 Å². The molecular formula is C23H22ClNO4. The average molecular weight is 412 g/mol. The third-order valence-corrected chi connectivity index (χ3v) is 4.63. The Morgan fingerprint density at radius 1 is 1.00 bits per heavy atom. The van der Waals surface area contributed by atoms with E-state index in [2.05, 4.69) is 5.32 Å². The third kappa shape index (κ3) is 5.73. The minimum absolute atomic E-state index is 0.276. The van der Waals surface area contributed by atoms with Crippen molar-refractivity contribution in [2.75, 3.05) is 7.11 Å². The number of benzene rings is 3. The highest BCUT2D eigenvalue weighted by Gasteiger charge is 2.11. The topological polar surface area (TPSA) is 67.8 Å². The first-order chi connectivity index (χ1) is 14.1. The molecule has 0 aliphatic rings. The minimum Gasteiger partial charge on any atom is -0.493 e. The highest BCUT2D eigenvalue weighted by molar-refractivity contribution is 6.30. The van der Waals surface area contributed by atoms with Gasteiger partial charge in [0.2, 0.25) is 0 Å². The highest BCUT2D eigenvalue weighted by Crippen LogP contribution is 2.32. The van der Waals surface area contributed by atoms with Crippen LogP contribution in [0.25, 0.3) is 0 Å². The van der Waals surface area contributed by atoms with Gasteiger partial charge in [-0.25, -0.2) is 4.79 Å². The number of halogens is 1. The van der Waals surface area contributed by atoms with Crippen molar-refractivity contribution in [3.8, 4) is 11.5 Å². The number of para-hydroxylation sites is 1. The standard InChI is InChI=1S/C23H22ClNO4/c1-28-21-7-3-5-19(22(21)29-15-17-4-2-6-20(24)12-17)14-25-13-16-8-10-18(11-9-16)23(26)27/h2-12,25H,13-15H2,1H3,(H,26,27). The zero-order valence-corrected chi connectivity index (χ0v) is 16.8. The fourth-order valence-corrected chi connectivity index (χ4v) is 3.13. The summed E-state index contributed by atoms with van der Waals surface area (Å²) in [5.74, 6) is 0.420. The van der Waals surface area contributed by atoms with E-state index in [-0.39, 0.29) is 5.56 Å². The number of aromatic carboxylic acids is 1. The number of carbonyl (C=O) groups is 1. The van der Waals surface area contributed by atoms with Gasteiger partial charge in [-0.2, -0.15) is 0 Å². The quantitative estimate of drug-likeness (QED) is 0.523. The molecule has 0 atom stereocenters. The molecule has 0 saturated carbocycles.